The van der Waals surface area contributed by atoms with Crippen molar-refractivity contribution in [2.75, 3.05) is 6.61 Å². The largest absolute Gasteiger partial charge is 0.466 e. The molecule has 0 bridgehead atoms. The SMILES string of the molecule is CCOC(=O)C[C@@H](O)[C@@H](NC(=O)OCc1ccccc1)C(C)C. The summed E-state index contributed by atoms with van der Waals surface area (Å²) in [6.07, 6.45) is -1.83. The lowest BCUT2D eigenvalue weighted by atomic mass is 9.96. The Labute approximate surface area is 136 Å². The van der Waals surface area contributed by atoms with Gasteiger partial charge < -0.3 is 19.9 Å². The summed E-state index contributed by atoms with van der Waals surface area (Å²) >= 11 is 0. The number of carbonyl (C=O) groups excluding carboxylic acids is 2. The lowest BCUT2D eigenvalue weighted by molar-refractivity contribution is -0.145. The van der Waals surface area contributed by atoms with Gasteiger partial charge in [-0.3, -0.25) is 4.79 Å². The van der Waals surface area contributed by atoms with E-state index < -0.39 is 24.2 Å². The van der Waals surface area contributed by atoms with Gasteiger partial charge in [0.25, 0.3) is 0 Å². The van der Waals surface area contributed by atoms with Crippen LogP contribution in [0.5, 0.6) is 0 Å². The molecule has 0 unspecified atom stereocenters. The molecule has 0 radical (unpaired) electrons. The van der Waals surface area contributed by atoms with E-state index in [1.165, 1.54) is 0 Å². The normalized spacial score (nSPS) is 13.3. The summed E-state index contributed by atoms with van der Waals surface area (Å²) < 4.78 is 9.94. The Morgan fingerprint density at radius 2 is 1.83 bits per heavy atom. The minimum atomic E-state index is -1.03. The Kier molecular flexibility index (Phi) is 8.11. The van der Waals surface area contributed by atoms with Crippen molar-refractivity contribution < 1.29 is 24.2 Å². The van der Waals surface area contributed by atoms with Crippen LogP contribution in [0.4, 0.5) is 4.79 Å². The van der Waals surface area contributed by atoms with Crippen LogP contribution < -0.4 is 5.32 Å². The number of ether oxygens (including phenoxy) is 2. The first kappa shape index (κ1) is 19.0. The van der Waals surface area contributed by atoms with Gasteiger partial charge in [-0.25, -0.2) is 4.79 Å². The topological polar surface area (TPSA) is 84.9 Å². The van der Waals surface area contributed by atoms with E-state index in [1.807, 2.05) is 44.2 Å². The summed E-state index contributed by atoms with van der Waals surface area (Å²) in [6.45, 7) is 5.78. The van der Waals surface area contributed by atoms with Crippen molar-refractivity contribution in [2.45, 2.75) is 45.9 Å². The molecule has 6 nitrogen and oxygen atoms in total. The van der Waals surface area contributed by atoms with Gasteiger partial charge in [0.15, 0.2) is 0 Å². The summed E-state index contributed by atoms with van der Waals surface area (Å²) in [7, 11) is 0. The molecule has 0 aliphatic carbocycles. The number of hydrogen-bond acceptors (Lipinski definition) is 5. The van der Waals surface area contributed by atoms with Gasteiger partial charge in [0.05, 0.1) is 25.2 Å². The van der Waals surface area contributed by atoms with Gasteiger partial charge in [-0.15, -0.1) is 0 Å². The number of carbonyl (C=O) groups is 2. The van der Waals surface area contributed by atoms with Crippen molar-refractivity contribution in [1.82, 2.24) is 5.32 Å². The van der Waals surface area contributed by atoms with Crippen LogP contribution >= 0.6 is 0 Å². The van der Waals surface area contributed by atoms with E-state index in [0.29, 0.717) is 0 Å². The zero-order valence-electron chi connectivity index (χ0n) is 13.8. The molecule has 0 heterocycles. The minimum absolute atomic E-state index is 0.0660. The molecule has 1 amide bonds. The van der Waals surface area contributed by atoms with Crippen molar-refractivity contribution in [3.05, 3.63) is 35.9 Å². The molecule has 1 rings (SSSR count). The molecular formula is C17H25NO5. The second kappa shape index (κ2) is 9.84. The Balaban J connectivity index is 2.50. The van der Waals surface area contributed by atoms with Crippen molar-refractivity contribution in [2.24, 2.45) is 5.92 Å². The van der Waals surface area contributed by atoms with Crippen LogP contribution in [0.25, 0.3) is 0 Å². The van der Waals surface area contributed by atoms with Crippen molar-refractivity contribution in [1.29, 1.82) is 0 Å². The molecule has 128 valence electrons. The molecule has 2 atom stereocenters. The molecule has 2 N–H and O–H groups in total. The Bertz CT molecular complexity index is 489. The first-order chi connectivity index (χ1) is 10.9. The van der Waals surface area contributed by atoms with Gasteiger partial charge in [0.1, 0.15) is 6.61 Å². The highest BCUT2D eigenvalue weighted by molar-refractivity contribution is 5.71. The van der Waals surface area contributed by atoms with Gasteiger partial charge in [-0.1, -0.05) is 44.2 Å². The van der Waals surface area contributed by atoms with Crippen LogP contribution in [0.1, 0.15) is 32.8 Å². The second-order valence-corrected chi connectivity index (χ2v) is 5.55. The lowest BCUT2D eigenvalue weighted by Crippen LogP contribution is -2.47. The molecule has 0 saturated heterocycles. The van der Waals surface area contributed by atoms with Gasteiger partial charge in [-0.05, 0) is 18.4 Å². The van der Waals surface area contributed by atoms with Gasteiger partial charge in [0.2, 0.25) is 0 Å². The predicted octanol–water partition coefficient (Wildman–Crippen LogP) is 2.25. The summed E-state index contributed by atoms with van der Waals surface area (Å²) in [5, 5.41) is 12.8. The highest BCUT2D eigenvalue weighted by Crippen LogP contribution is 2.11. The van der Waals surface area contributed by atoms with Crippen LogP contribution in [0.3, 0.4) is 0 Å². The van der Waals surface area contributed by atoms with Crippen molar-refractivity contribution >= 4 is 12.1 Å². The van der Waals surface area contributed by atoms with Crippen LogP contribution in [-0.2, 0) is 20.9 Å². The maximum absolute atomic E-state index is 11.9. The van der Waals surface area contributed by atoms with Gasteiger partial charge >= 0.3 is 12.1 Å². The van der Waals surface area contributed by atoms with E-state index in [9.17, 15) is 14.7 Å². The predicted molar refractivity (Wildman–Crippen MR) is 85.6 cm³/mol. The summed E-state index contributed by atoms with van der Waals surface area (Å²) in [5.74, 6) is -0.561. The molecule has 0 fully saturated rings. The Morgan fingerprint density at radius 3 is 2.39 bits per heavy atom. The van der Waals surface area contributed by atoms with Crippen molar-refractivity contribution in [3.8, 4) is 0 Å². The fourth-order valence-electron chi connectivity index (χ4n) is 2.13. The maximum Gasteiger partial charge on any atom is 0.407 e. The smallest absolute Gasteiger partial charge is 0.407 e. The third-order valence-electron chi connectivity index (χ3n) is 3.31. The molecular weight excluding hydrogens is 298 g/mol. The Morgan fingerprint density at radius 1 is 1.17 bits per heavy atom. The summed E-state index contributed by atoms with van der Waals surface area (Å²) in [4.78, 5) is 23.3. The number of amides is 1. The van der Waals surface area contributed by atoms with Crippen LogP contribution in [-0.4, -0.2) is 35.9 Å². The Hall–Kier alpha value is -2.08. The standard InChI is InChI=1S/C17H25NO5/c1-4-22-15(20)10-14(19)16(12(2)3)18-17(21)23-11-13-8-6-5-7-9-13/h5-9,12,14,16,19H,4,10-11H2,1-3H3,(H,18,21)/t14-,16+/m1/s1. The summed E-state index contributed by atoms with van der Waals surface area (Å²) in [6, 6.07) is 8.70. The maximum atomic E-state index is 11.9. The third kappa shape index (κ3) is 7.15. The van der Waals surface area contributed by atoms with Crippen LogP contribution in [0.15, 0.2) is 30.3 Å². The quantitative estimate of drug-likeness (QED) is 0.717. The zero-order valence-corrected chi connectivity index (χ0v) is 13.8. The van der Waals surface area contributed by atoms with Gasteiger partial charge in [0, 0.05) is 0 Å². The van der Waals surface area contributed by atoms with Crippen LogP contribution in [0.2, 0.25) is 0 Å². The van der Waals surface area contributed by atoms with E-state index in [0.717, 1.165) is 5.56 Å². The fourth-order valence-corrected chi connectivity index (χ4v) is 2.13. The average molecular weight is 323 g/mol. The van der Waals surface area contributed by atoms with Crippen LogP contribution in [0, 0.1) is 5.92 Å². The van der Waals surface area contributed by atoms with E-state index in [-0.39, 0.29) is 25.6 Å². The molecule has 23 heavy (non-hydrogen) atoms. The van der Waals surface area contributed by atoms with E-state index >= 15 is 0 Å². The molecule has 1 aromatic rings. The van der Waals surface area contributed by atoms with Gasteiger partial charge in [-0.2, -0.15) is 0 Å². The fraction of sp³-hybridized carbons (Fsp3) is 0.529. The number of nitrogens with one attached hydrogen (secondary N) is 1. The highest BCUT2D eigenvalue weighted by atomic mass is 16.5. The molecule has 0 saturated carbocycles. The number of esters is 1. The monoisotopic (exact) mass is 323 g/mol. The third-order valence-corrected chi connectivity index (χ3v) is 3.31. The first-order valence-electron chi connectivity index (χ1n) is 7.75. The first-order valence-corrected chi connectivity index (χ1v) is 7.75. The molecule has 0 aliphatic rings. The molecule has 1 aromatic carbocycles. The lowest BCUT2D eigenvalue weighted by Gasteiger charge is -2.26. The number of hydrogen-bond donors (Lipinski definition) is 2. The minimum Gasteiger partial charge on any atom is -0.466 e. The molecule has 0 aliphatic heterocycles. The van der Waals surface area contributed by atoms with E-state index in [4.69, 9.17) is 9.47 Å². The number of benzene rings is 1. The zero-order chi connectivity index (χ0) is 17.2. The number of aliphatic hydroxyl groups is 1. The molecule has 6 heteroatoms. The number of aliphatic hydroxyl groups excluding tert-OH is 1. The number of alkyl carbamates (subject to hydrolysis) is 1. The highest BCUT2D eigenvalue weighted by Gasteiger charge is 2.27. The summed E-state index contributed by atoms with van der Waals surface area (Å²) in [5.41, 5.74) is 0.871. The van der Waals surface area contributed by atoms with E-state index in [2.05, 4.69) is 5.32 Å². The number of rotatable bonds is 8. The van der Waals surface area contributed by atoms with E-state index in [1.54, 1.807) is 6.92 Å². The average Bonchev–Trinajstić information content (AvgIpc) is 2.51. The molecule has 0 aromatic heterocycles. The molecule has 0 spiro atoms. The second-order valence-electron chi connectivity index (χ2n) is 5.55. The van der Waals surface area contributed by atoms with Crippen molar-refractivity contribution in [3.63, 3.8) is 0 Å².